The number of aliphatic hydroxyl groups is 1. The molecule has 0 aliphatic carbocycles. The van der Waals surface area contributed by atoms with E-state index in [1.54, 1.807) is 0 Å². The number of aromatic nitrogens is 1. The van der Waals surface area contributed by atoms with Gasteiger partial charge in [-0.2, -0.15) is 0 Å². The lowest BCUT2D eigenvalue weighted by Gasteiger charge is -2.08. The summed E-state index contributed by atoms with van der Waals surface area (Å²) < 4.78 is 0. The van der Waals surface area contributed by atoms with Gasteiger partial charge in [0.05, 0.1) is 6.61 Å². The number of rotatable bonds is 3. The van der Waals surface area contributed by atoms with Crippen molar-refractivity contribution in [2.24, 2.45) is 0 Å². The lowest BCUT2D eigenvalue weighted by Crippen LogP contribution is -2.09. The standard InChI is InChI=1S/C11H13N2OP/c14-6-5-12-11-9-4-2-1-3-8(9)10(15)7-13-11/h1-4,7,14H,5-6,15H2,(H,12,13). The second-order valence-corrected chi connectivity index (χ2v) is 3.88. The van der Waals surface area contributed by atoms with Gasteiger partial charge in [-0.05, 0) is 10.7 Å². The van der Waals surface area contributed by atoms with Gasteiger partial charge in [0.2, 0.25) is 0 Å². The van der Waals surface area contributed by atoms with Crippen LogP contribution in [0.5, 0.6) is 0 Å². The number of hydrogen-bond acceptors (Lipinski definition) is 3. The molecule has 3 nitrogen and oxygen atoms in total. The normalized spacial score (nSPS) is 10.5. The molecule has 0 saturated heterocycles. The molecule has 0 amide bonds. The fourth-order valence-corrected chi connectivity index (χ4v) is 1.86. The highest BCUT2D eigenvalue weighted by Crippen LogP contribution is 2.20. The number of hydrogen-bond donors (Lipinski definition) is 2. The van der Waals surface area contributed by atoms with Crippen molar-refractivity contribution in [3.05, 3.63) is 30.5 Å². The summed E-state index contributed by atoms with van der Waals surface area (Å²) in [5, 5.41) is 15.2. The van der Waals surface area contributed by atoms with E-state index in [1.807, 2.05) is 24.4 Å². The summed E-state index contributed by atoms with van der Waals surface area (Å²) in [6, 6.07) is 8.07. The first-order chi connectivity index (χ1) is 7.33. The van der Waals surface area contributed by atoms with E-state index < -0.39 is 0 Å². The van der Waals surface area contributed by atoms with Gasteiger partial charge >= 0.3 is 0 Å². The maximum atomic E-state index is 8.76. The molecule has 2 rings (SSSR count). The molecular weight excluding hydrogens is 207 g/mol. The lowest BCUT2D eigenvalue weighted by atomic mass is 10.1. The van der Waals surface area contributed by atoms with Crippen LogP contribution in [0.3, 0.4) is 0 Å². The molecule has 1 heterocycles. The van der Waals surface area contributed by atoms with Gasteiger partial charge in [0.25, 0.3) is 0 Å². The van der Waals surface area contributed by atoms with E-state index in [4.69, 9.17) is 5.11 Å². The molecule has 0 spiro atoms. The molecule has 0 radical (unpaired) electrons. The third-order valence-electron chi connectivity index (χ3n) is 2.23. The highest BCUT2D eigenvalue weighted by atomic mass is 31.0. The van der Waals surface area contributed by atoms with E-state index in [0.717, 1.165) is 21.9 Å². The zero-order valence-electron chi connectivity index (χ0n) is 8.27. The molecule has 1 aromatic heterocycles. The molecule has 0 fully saturated rings. The van der Waals surface area contributed by atoms with Crippen molar-refractivity contribution in [1.82, 2.24) is 4.98 Å². The SMILES string of the molecule is OCCNc1ncc(P)c2ccccc12. The molecule has 1 unspecified atom stereocenters. The molecule has 1 atom stereocenters. The molecule has 0 aliphatic heterocycles. The summed E-state index contributed by atoms with van der Waals surface area (Å²) in [4.78, 5) is 4.30. The van der Waals surface area contributed by atoms with E-state index in [9.17, 15) is 0 Å². The molecule has 78 valence electrons. The van der Waals surface area contributed by atoms with Gasteiger partial charge in [-0.25, -0.2) is 4.98 Å². The Kier molecular flexibility index (Phi) is 3.14. The van der Waals surface area contributed by atoms with Crippen LogP contribution in [0.25, 0.3) is 10.8 Å². The molecule has 0 aliphatic rings. The Hall–Kier alpha value is -1.18. The second-order valence-electron chi connectivity index (χ2n) is 3.26. The van der Waals surface area contributed by atoms with Crippen LogP contribution in [-0.4, -0.2) is 23.2 Å². The highest BCUT2D eigenvalue weighted by Gasteiger charge is 2.03. The van der Waals surface area contributed by atoms with Crippen LogP contribution in [-0.2, 0) is 0 Å². The Morgan fingerprint density at radius 1 is 1.27 bits per heavy atom. The third-order valence-corrected chi connectivity index (χ3v) is 2.69. The van der Waals surface area contributed by atoms with Gasteiger partial charge in [0.1, 0.15) is 5.82 Å². The van der Waals surface area contributed by atoms with Crippen molar-refractivity contribution < 1.29 is 5.11 Å². The van der Waals surface area contributed by atoms with E-state index in [2.05, 4.69) is 25.6 Å². The Labute approximate surface area is 90.7 Å². The number of benzene rings is 1. The Balaban J connectivity index is 2.51. The number of nitrogens with one attached hydrogen (secondary N) is 1. The molecule has 1 aromatic carbocycles. The average Bonchev–Trinajstić information content (AvgIpc) is 2.29. The summed E-state index contributed by atoms with van der Waals surface area (Å²) in [7, 11) is 2.67. The van der Waals surface area contributed by atoms with Gasteiger partial charge in [0, 0.05) is 18.1 Å². The molecule has 0 saturated carbocycles. The Morgan fingerprint density at radius 2 is 2.00 bits per heavy atom. The van der Waals surface area contributed by atoms with E-state index >= 15 is 0 Å². The number of nitrogens with zero attached hydrogens (tertiary/aromatic N) is 1. The third kappa shape index (κ3) is 2.09. The molecular formula is C11H13N2OP. The highest BCUT2D eigenvalue weighted by molar-refractivity contribution is 7.28. The van der Waals surface area contributed by atoms with Crippen LogP contribution in [0.4, 0.5) is 5.82 Å². The van der Waals surface area contributed by atoms with Gasteiger partial charge in [-0.15, -0.1) is 9.24 Å². The first-order valence-electron chi connectivity index (χ1n) is 4.81. The maximum absolute atomic E-state index is 8.76. The zero-order valence-corrected chi connectivity index (χ0v) is 9.43. The molecule has 4 heteroatoms. The van der Waals surface area contributed by atoms with Crippen LogP contribution >= 0.6 is 9.24 Å². The minimum atomic E-state index is 0.110. The monoisotopic (exact) mass is 220 g/mol. The van der Waals surface area contributed by atoms with Crippen LogP contribution in [0.2, 0.25) is 0 Å². The lowest BCUT2D eigenvalue weighted by molar-refractivity contribution is 0.311. The van der Waals surface area contributed by atoms with Crippen molar-refractivity contribution in [1.29, 1.82) is 0 Å². The van der Waals surface area contributed by atoms with Crippen LogP contribution in [0.15, 0.2) is 30.5 Å². The topological polar surface area (TPSA) is 45.1 Å². The zero-order chi connectivity index (χ0) is 10.7. The predicted molar refractivity (Wildman–Crippen MR) is 66.7 cm³/mol. The van der Waals surface area contributed by atoms with Crippen LogP contribution < -0.4 is 10.6 Å². The fraction of sp³-hybridized carbons (Fsp3) is 0.182. The van der Waals surface area contributed by atoms with E-state index in [-0.39, 0.29) is 6.61 Å². The quantitative estimate of drug-likeness (QED) is 0.762. The van der Waals surface area contributed by atoms with Crippen molar-refractivity contribution in [3.8, 4) is 0 Å². The Bertz CT molecular complexity index is 473. The van der Waals surface area contributed by atoms with Gasteiger partial charge < -0.3 is 10.4 Å². The van der Waals surface area contributed by atoms with Gasteiger partial charge in [-0.1, -0.05) is 24.3 Å². The first-order valence-corrected chi connectivity index (χ1v) is 5.38. The number of fused-ring (bicyclic) bond motifs is 1. The van der Waals surface area contributed by atoms with Crippen LogP contribution in [0.1, 0.15) is 0 Å². The maximum Gasteiger partial charge on any atom is 0.133 e. The van der Waals surface area contributed by atoms with Gasteiger partial charge in [0.15, 0.2) is 0 Å². The second kappa shape index (κ2) is 4.56. The number of anilines is 1. The predicted octanol–water partition coefficient (Wildman–Crippen LogP) is 1.14. The van der Waals surface area contributed by atoms with E-state index in [0.29, 0.717) is 6.54 Å². The van der Waals surface area contributed by atoms with Crippen LogP contribution in [0, 0.1) is 0 Å². The number of pyridine rings is 1. The van der Waals surface area contributed by atoms with Crippen molar-refractivity contribution >= 4 is 31.1 Å². The summed E-state index contributed by atoms with van der Waals surface area (Å²) in [5.41, 5.74) is 0. The number of aliphatic hydroxyl groups excluding tert-OH is 1. The summed E-state index contributed by atoms with van der Waals surface area (Å²) in [6.07, 6.45) is 1.81. The van der Waals surface area contributed by atoms with Gasteiger partial charge in [-0.3, -0.25) is 0 Å². The molecule has 2 N–H and O–H groups in total. The van der Waals surface area contributed by atoms with E-state index in [1.165, 1.54) is 0 Å². The molecule has 2 aromatic rings. The summed E-state index contributed by atoms with van der Waals surface area (Å²) in [5.74, 6) is 0.825. The summed E-state index contributed by atoms with van der Waals surface area (Å²) >= 11 is 0. The average molecular weight is 220 g/mol. The van der Waals surface area contributed by atoms with Crippen molar-refractivity contribution in [3.63, 3.8) is 0 Å². The first kappa shape index (κ1) is 10.3. The minimum Gasteiger partial charge on any atom is -0.395 e. The Morgan fingerprint density at radius 3 is 2.73 bits per heavy atom. The van der Waals surface area contributed by atoms with Crippen molar-refractivity contribution in [2.45, 2.75) is 0 Å². The van der Waals surface area contributed by atoms with Crippen molar-refractivity contribution in [2.75, 3.05) is 18.5 Å². The summed E-state index contributed by atoms with van der Waals surface area (Å²) in [6.45, 7) is 0.631. The molecule has 0 bridgehead atoms. The smallest absolute Gasteiger partial charge is 0.133 e. The fourth-order valence-electron chi connectivity index (χ4n) is 1.53. The molecule has 15 heavy (non-hydrogen) atoms. The largest absolute Gasteiger partial charge is 0.395 e. The minimum absolute atomic E-state index is 0.110.